The van der Waals surface area contributed by atoms with Gasteiger partial charge >= 0.3 is 0 Å². The third kappa shape index (κ3) is 2.92. The normalized spacial score (nSPS) is 10.5. The molecule has 0 spiro atoms. The van der Waals surface area contributed by atoms with Crippen molar-refractivity contribution >= 4 is 37.6 Å². The van der Waals surface area contributed by atoms with Crippen molar-refractivity contribution in [1.82, 2.24) is 0 Å². The van der Waals surface area contributed by atoms with Crippen molar-refractivity contribution in [2.24, 2.45) is 0 Å². The number of ketones is 1. The van der Waals surface area contributed by atoms with Crippen molar-refractivity contribution in [3.63, 3.8) is 0 Å². The lowest BCUT2D eigenvalue weighted by Gasteiger charge is -2.03. The number of Topliss-reactive ketones (excluding diaryl/α,β-unsaturated/α-hetero) is 1. The molecular formula is C10H10Br2O. The minimum Gasteiger partial charge on any atom is -0.292 e. The van der Waals surface area contributed by atoms with E-state index in [1.165, 1.54) is 5.56 Å². The van der Waals surface area contributed by atoms with Crippen molar-refractivity contribution in [3.05, 3.63) is 35.4 Å². The van der Waals surface area contributed by atoms with Crippen LogP contribution in [0.25, 0.3) is 0 Å². The Labute approximate surface area is 94.8 Å². The van der Waals surface area contributed by atoms with Crippen LogP contribution in [0, 0.1) is 0 Å². The molecular weight excluding hydrogens is 296 g/mol. The van der Waals surface area contributed by atoms with Gasteiger partial charge in [-0.05, 0) is 18.1 Å². The molecule has 0 aromatic heterocycles. The van der Waals surface area contributed by atoms with E-state index in [0.29, 0.717) is 0 Å². The van der Waals surface area contributed by atoms with Crippen LogP contribution in [0.1, 0.15) is 22.8 Å². The molecule has 1 aromatic rings. The van der Waals surface area contributed by atoms with Crippen LogP contribution >= 0.6 is 31.9 Å². The van der Waals surface area contributed by atoms with E-state index in [-0.39, 0.29) is 9.52 Å². The van der Waals surface area contributed by atoms with Crippen LogP contribution in [0.4, 0.5) is 0 Å². The zero-order valence-corrected chi connectivity index (χ0v) is 10.4. The fraction of sp³-hybridized carbons (Fsp3) is 0.300. The van der Waals surface area contributed by atoms with Gasteiger partial charge in [-0.25, -0.2) is 0 Å². The number of hydrogen-bond acceptors (Lipinski definition) is 1. The van der Waals surface area contributed by atoms with Crippen molar-refractivity contribution in [1.29, 1.82) is 0 Å². The first-order valence-corrected chi connectivity index (χ1v) is 5.89. The van der Waals surface area contributed by atoms with E-state index >= 15 is 0 Å². The van der Waals surface area contributed by atoms with Crippen molar-refractivity contribution in [2.75, 3.05) is 0 Å². The maximum absolute atomic E-state index is 11.5. The molecule has 0 heterocycles. The minimum atomic E-state index is -0.285. The first kappa shape index (κ1) is 10.9. The number of carbonyl (C=O) groups is 1. The third-order valence-corrected chi connectivity index (χ3v) is 2.65. The summed E-state index contributed by atoms with van der Waals surface area (Å²) in [5, 5.41) is 0. The Kier molecular flexibility index (Phi) is 4.13. The van der Waals surface area contributed by atoms with E-state index in [0.717, 1.165) is 12.0 Å². The summed E-state index contributed by atoms with van der Waals surface area (Å²) in [5.74, 6) is 0.0651. The van der Waals surface area contributed by atoms with Crippen molar-refractivity contribution < 1.29 is 4.79 Å². The molecule has 70 valence electrons. The van der Waals surface area contributed by atoms with Crippen LogP contribution in [0.15, 0.2) is 24.3 Å². The molecule has 0 aliphatic rings. The maximum Gasteiger partial charge on any atom is 0.187 e. The molecule has 1 aromatic carbocycles. The predicted molar refractivity (Wildman–Crippen MR) is 61.8 cm³/mol. The van der Waals surface area contributed by atoms with E-state index in [9.17, 15) is 4.79 Å². The molecule has 1 rings (SSSR count). The zero-order chi connectivity index (χ0) is 9.84. The molecule has 0 bridgehead atoms. The topological polar surface area (TPSA) is 17.1 Å². The standard InChI is InChI=1S/C10H10Br2O/c1-2-7-4-3-5-8(6-7)9(13)10(11)12/h3-6,10H,2H2,1H3. The first-order valence-electron chi connectivity index (χ1n) is 4.06. The Morgan fingerprint density at radius 2 is 2.15 bits per heavy atom. The molecule has 3 heteroatoms. The van der Waals surface area contributed by atoms with E-state index < -0.39 is 0 Å². The van der Waals surface area contributed by atoms with Crippen LogP contribution < -0.4 is 0 Å². The summed E-state index contributed by atoms with van der Waals surface area (Å²) in [6.07, 6.45) is 0.955. The lowest BCUT2D eigenvalue weighted by Crippen LogP contribution is -2.07. The largest absolute Gasteiger partial charge is 0.292 e. The minimum absolute atomic E-state index is 0.0651. The highest BCUT2D eigenvalue weighted by Gasteiger charge is 2.12. The highest BCUT2D eigenvalue weighted by molar-refractivity contribution is 9.25. The predicted octanol–water partition coefficient (Wildman–Crippen LogP) is 3.55. The Morgan fingerprint density at radius 1 is 1.46 bits per heavy atom. The summed E-state index contributed by atoms with van der Waals surface area (Å²) in [5.41, 5.74) is 1.93. The summed E-state index contributed by atoms with van der Waals surface area (Å²) in [6, 6.07) is 7.69. The number of carbonyl (C=O) groups excluding carboxylic acids is 1. The van der Waals surface area contributed by atoms with Gasteiger partial charge in [-0.2, -0.15) is 0 Å². The van der Waals surface area contributed by atoms with E-state index in [2.05, 4.69) is 38.8 Å². The van der Waals surface area contributed by atoms with Gasteiger partial charge in [-0.1, -0.05) is 57.0 Å². The van der Waals surface area contributed by atoms with Crippen LogP contribution in [0.2, 0.25) is 0 Å². The second-order valence-corrected chi connectivity index (χ2v) is 5.78. The molecule has 0 saturated carbocycles. The van der Waals surface area contributed by atoms with Crippen LogP contribution in [-0.4, -0.2) is 9.52 Å². The number of aryl methyl sites for hydroxylation is 1. The number of halogens is 2. The quantitative estimate of drug-likeness (QED) is 0.616. The van der Waals surface area contributed by atoms with Gasteiger partial charge in [0, 0.05) is 5.56 Å². The van der Waals surface area contributed by atoms with Gasteiger partial charge in [-0.15, -0.1) is 0 Å². The summed E-state index contributed by atoms with van der Waals surface area (Å²) in [7, 11) is 0. The van der Waals surface area contributed by atoms with E-state index in [1.54, 1.807) is 0 Å². The maximum atomic E-state index is 11.5. The molecule has 0 fully saturated rings. The second-order valence-electron chi connectivity index (χ2n) is 2.72. The smallest absolute Gasteiger partial charge is 0.187 e. The second kappa shape index (κ2) is 4.91. The Balaban J connectivity index is 2.95. The zero-order valence-electron chi connectivity index (χ0n) is 7.26. The van der Waals surface area contributed by atoms with Gasteiger partial charge in [0.25, 0.3) is 0 Å². The average molecular weight is 306 g/mol. The summed E-state index contributed by atoms with van der Waals surface area (Å²) >= 11 is 6.38. The van der Waals surface area contributed by atoms with Crippen molar-refractivity contribution in [2.45, 2.75) is 17.1 Å². The summed E-state index contributed by atoms with van der Waals surface area (Å²) in [4.78, 5) is 11.5. The molecule has 0 saturated heterocycles. The third-order valence-electron chi connectivity index (χ3n) is 1.82. The molecule has 0 aliphatic heterocycles. The SMILES string of the molecule is CCc1cccc(C(=O)C(Br)Br)c1. The Morgan fingerprint density at radius 3 is 2.69 bits per heavy atom. The Bertz CT molecular complexity index is 308. The molecule has 0 aliphatic carbocycles. The van der Waals surface area contributed by atoms with E-state index in [4.69, 9.17) is 0 Å². The number of hydrogen-bond donors (Lipinski definition) is 0. The number of rotatable bonds is 3. The lowest BCUT2D eigenvalue weighted by atomic mass is 10.1. The van der Waals surface area contributed by atoms with Crippen LogP contribution in [0.3, 0.4) is 0 Å². The highest BCUT2D eigenvalue weighted by atomic mass is 79.9. The molecule has 0 unspecified atom stereocenters. The summed E-state index contributed by atoms with van der Waals surface area (Å²) in [6.45, 7) is 2.07. The molecule has 13 heavy (non-hydrogen) atoms. The molecule has 0 amide bonds. The first-order chi connectivity index (χ1) is 6.15. The molecule has 0 N–H and O–H groups in total. The van der Waals surface area contributed by atoms with Gasteiger partial charge in [0.1, 0.15) is 3.74 Å². The lowest BCUT2D eigenvalue weighted by molar-refractivity contribution is 0.101. The van der Waals surface area contributed by atoms with Gasteiger partial charge < -0.3 is 0 Å². The van der Waals surface area contributed by atoms with Gasteiger partial charge in [0.15, 0.2) is 5.78 Å². The monoisotopic (exact) mass is 304 g/mol. The number of benzene rings is 1. The molecule has 0 radical (unpaired) electrons. The molecule has 1 nitrogen and oxygen atoms in total. The van der Waals surface area contributed by atoms with Crippen LogP contribution in [0.5, 0.6) is 0 Å². The molecule has 0 atom stereocenters. The van der Waals surface area contributed by atoms with Crippen LogP contribution in [-0.2, 0) is 6.42 Å². The average Bonchev–Trinajstić information content (AvgIpc) is 2.16. The van der Waals surface area contributed by atoms with Gasteiger partial charge in [0.05, 0.1) is 0 Å². The summed E-state index contributed by atoms with van der Waals surface area (Å²) < 4.78 is -0.285. The van der Waals surface area contributed by atoms with Gasteiger partial charge in [-0.3, -0.25) is 4.79 Å². The number of alkyl halides is 2. The van der Waals surface area contributed by atoms with Gasteiger partial charge in [0.2, 0.25) is 0 Å². The fourth-order valence-corrected chi connectivity index (χ4v) is 1.60. The van der Waals surface area contributed by atoms with Crippen molar-refractivity contribution in [3.8, 4) is 0 Å². The highest BCUT2D eigenvalue weighted by Crippen LogP contribution is 2.16. The fourth-order valence-electron chi connectivity index (χ4n) is 1.07. The Hall–Kier alpha value is -0.150. The van der Waals surface area contributed by atoms with E-state index in [1.807, 2.05) is 24.3 Å².